The SMILES string of the molecule is CC(C(=O)N1CCOCC1)n1cncc1C1(C)CCNC1. The number of nitrogens with zero attached hydrogens (tertiary/aromatic N) is 3. The molecule has 0 radical (unpaired) electrons. The third kappa shape index (κ3) is 2.70. The van der Waals surface area contributed by atoms with Crippen molar-refractivity contribution in [2.45, 2.75) is 31.7 Å². The number of amides is 1. The molecule has 6 heteroatoms. The van der Waals surface area contributed by atoms with Crippen molar-refractivity contribution >= 4 is 5.91 Å². The second-order valence-electron chi connectivity index (χ2n) is 6.29. The molecule has 1 amide bonds. The number of nitrogens with one attached hydrogen (secondary N) is 1. The zero-order valence-corrected chi connectivity index (χ0v) is 12.8. The highest BCUT2D eigenvalue weighted by Gasteiger charge is 2.35. The van der Waals surface area contributed by atoms with Crippen LogP contribution in [0.1, 0.15) is 32.0 Å². The molecule has 116 valence electrons. The lowest BCUT2D eigenvalue weighted by Gasteiger charge is -2.32. The molecule has 1 aromatic rings. The number of aromatic nitrogens is 2. The number of imidazole rings is 1. The molecule has 0 aromatic carbocycles. The molecule has 0 spiro atoms. The van der Waals surface area contributed by atoms with E-state index in [1.165, 1.54) is 0 Å². The Labute approximate surface area is 125 Å². The van der Waals surface area contributed by atoms with E-state index in [2.05, 4.69) is 17.2 Å². The predicted molar refractivity (Wildman–Crippen MR) is 79.2 cm³/mol. The van der Waals surface area contributed by atoms with Gasteiger partial charge in [-0.05, 0) is 19.9 Å². The highest BCUT2D eigenvalue weighted by Crippen LogP contribution is 2.31. The molecular formula is C15H24N4O2. The van der Waals surface area contributed by atoms with Gasteiger partial charge < -0.3 is 19.5 Å². The Hall–Kier alpha value is -1.40. The van der Waals surface area contributed by atoms with E-state index in [-0.39, 0.29) is 17.4 Å². The second kappa shape index (κ2) is 5.77. The van der Waals surface area contributed by atoms with E-state index >= 15 is 0 Å². The van der Waals surface area contributed by atoms with Crippen LogP contribution < -0.4 is 5.32 Å². The van der Waals surface area contributed by atoms with Gasteiger partial charge in [0.2, 0.25) is 5.91 Å². The summed E-state index contributed by atoms with van der Waals surface area (Å²) < 4.78 is 7.37. The van der Waals surface area contributed by atoms with Crippen LogP contribution in [0.3, 0.4) is 0 Å². The van der Waals surface area contributed by atoms with Crippen molar-refractivity contribution in [3.63, 3.8) is 0 Å². The van der Waals surface area contributed by atoms with Crippen LogP contribution >= 0.6 is 0 Å². The number of hydrogen-bond acceptors (Lipinski definition) is 4. The van der Waals surface area contributed by atoms with E-state index in [0.717, 1.165) is 25.2 Å². The van der Waals surface area contributed by atoms with Gasteiger partial charge in [0.05, 0.1) is 19.5 Å². The number of morpholine rings is 1. The lowest BCUT2D eigenvalue weighted by Crippen LogP contribution is -2.44. The summed E-state index contributed by atoms with van der Waals surface area (Å²) >= 11 is 0. The van der Waals surface area contributed by atoms with Gasteiger partial charge in [-0.3, -0.25) is 4.79 Å². The van der Waals surface area contributed by atoms with Crippen molar-refractivity contribution in [3.8, 4) is 0 Å². The number of rotatable bonds is 3. The number of carbonyl (C=O) groups excluding carboxylic acids is 1. The Morgan fingerprint density at radius 3 is 2.90 bits per heavy atom. The maximum atomic E-state index is 12.7. The Bertz CT molecular complexity index is 502. The van der Waals surface area contributed by atoms with E-state index in [1.54, 1.807) is 6.33 Å². The van der Waals surface area contributed by atoms with Crippen LogP contribution in [-0.2, 0) is 14.9 Å². The third-order valence-corrected chi connectivity index (χ3v) is 4.75. The van der Waals surface area contributed by atoms with Crippen LogP contribution in [0.25, 0.3) is 0 Å². The molecule has 0 aliphatic carbocycles. The molecule has 2 unspecified atom stereocenters. The molecule has 2 aliphatic rings. The first-order chi connectivity index (χ1) is 10.1. The van der Waals surface area contributed by atoms with Gasteiger partial charge in [0.15, 0.2) is 0 Å². The van der Waals surface area contributed by atoms with Crippen molar-refractivity contribution in [2.75, 3.05) is 39.4 Å². The summed E-state index contributed by atoms with van der Waals surface area (Å²) in [6.45, 7) is 8.82. The van der Waals surface area contributed by atoms with Gasteiger partial charge in [-0.15, -0.1) is 0 Å². The predicted octanol–water partition coefficient (Wildman–Crippen LogP) is 0.554. The number of carbonyl (C=O) groups is 1. The van der Waals surface area contributed by atoms with E-state index < -0.39 is 0 Å². The minimum Gasteiger partial charge on any atom is -0.378 e. The summed E-state index contributed by atoms with van der Waals surface area (Å²) in [5, 5.41) is 3.41. The summed E-state index contributed by atoms with van der Waals surface area (Å²) in [5.74, 6) is 0.159. The van der Waals surface area contributed by atoms with E-state index in [4.69, 9.17) is 4.74 Å². The third-order valence-electron chi connectivity index (χ3n) is 4.75. The largest absolute Gasteiger partial charge is 0.378 e. The summed E-state index contributed by atoms with van der Waals surface area (Å²) in [7, 11) is 0. The van der Waals surface area contributed by atoms with Crippen LogP contribution in [0, 0.1) is 0 Å². The molecule has 0 bridgehead atoms. The first-order valence-electron chi connectivity index (χ1n) is 7.71. The van der Waals surface area contributed by atoms with Gasteiger partial charge in [0.25, 0.3) is 0 Å². The van der Waals surface area contributed by atoms with Gasteiger partial charge in [0, 0.05) is 36.9 Å². The minimum absolute atomic E-state index is 0.0655. The standard InChI is InChI=1S/C15H24N4O2/c1-12(14(20)18-5-7-21-8-6-18)19-11-17-9-13(19)15(2)3-4-16-10-15/h9,11-12,16H,3-8,10H2,1-2H3. The zero-order chi connectivity index (χ0) is 14.9. The number of hydrogen-bond donors (Lipinski definition) is 1. The van der Waals surface area contributed by atoms with Crippen LogP contribution in [0.5, 0.6) is 0 Å². The van der Waals surface area contributed by atoms with Crippen molar-refractivity contribution in [2.24, 2.45) is 0 Å². The molecule has 21 heavy (non-hydrogen) atoms. The van der Waals surface area contributed by atoms with Gasteiger partial charge >= 0.3 is 0 Å². The normalized spacial score (nSPS) is 27.8. The lowest BCUT2D eigenvalue weighted by molar-refractivity contribution is -0.138. The molecule has 2 saturated heterocycles. The van der Waals surface area contributed by atoms with Gasteiger partial charge in [0.1, 0.15) is 6.04 Å². The molecule has 6 nitrogen and oxygen atoms in total. The first kappa shape index (κ1) is 14.5. The van der Waals surface area contributed by atoms with Gasteiger partial charge in [-0.1, -0.05) is 6.92 Å². The molecule has 2 atom stereocenters. The van der Waals surface area contributed by atoms with Crippen molar-refractivity contribution in [3.05, 3.63) is 18.2 Å². The highest BCUT2D eigenvalue weighted by atomic mass is 16.5. The zero-order valence-electron chi connectivity index (χ0n) is 12.8. The van der Waals surface area contributed by atoms with Crippen molar-refractivity contribution < 1.29 is 9.53 Å². The van der Waals surface area contributed by atoms with E-state index in [9.17, 15) is 4.79 Å². The Morgan fingerprint density at radius 2 is 2.24 bits per heavy atom. The van der Waals surface area contributed by atoms with Crippen LogP contribution in [0.2, 0.25) is 0 Å². The van der Waals surface area contributed by atoms with Gasteiger partial charge in [-0.2, -0.15) is 0 Å². The highest BCUT2D eigenvalue weighted by molar-refractivity contribution is 5.80. The minimum atomic E-state index is -0.210. The quantitative estimate of drug-likeness (QED) is 0.884. The molecule has 1 aromatic heterocycles. The van der Waals surface area contributed by atoms with Crippen LogP contribution in [-0.4, -0.2) is 59.8 Å². The maximum absolute atomic E-state index is 12.7. The Balaban J connectivity index is 1.80. The molecular weight excluding hydrogens is 268 g/mol. The smallest absolute Gasteiger partial charge is 0.245 e. The first-order valence-corrected chi connectivity index (χ1v) is 7.71. The second-order valence-corrected chi connectivity index (χ2v) is 6.29. The maximum Gasteiger partial charge on any atom is 0.245 e. The fourth-order valence-electron chi connectivity index (χ4n) is 3.28. The van der Waals surface area contributed by atoms with Gasteiger partial charge in [-0.25, -0.2) is 4.98 Å². The van der Waals surface area contributed by atoms with Crippen LogP contribution in [0.15, 0.2) is 12.5 Å². The molecule has 3 rings (SSSR count). The van der Waals surface area contributed by atoms with Crippen LogP contribution in [0.4, 0.5) is 0 Å². The van der Waals surface area contributed by atoms with E-state index in [1.807, 2.05) is 22.6 Å². The average molecular weight is 292 g/mol. The molecule has 0 saturated carbocycles. The van der Waals surface area contributed by atoms with E-state index in [0.29, 0.717) is 26.3 Å². The van der Waals surface area contributed by atoms with Crippen molar-refractivity contribution in [1.82, 2.24) is 19.8 Å². The summed E-state index contributed by atoms with van der Waals surface area (Å²) in [6.07, 6.45) is 4.79. The number of ether oxygens (including phenoxy) is 1. The monoisotopic (exact) mass is 292 g/mol. The molecule has 2 fully saturated rings. The summed E-state index contributed by atoms with van der Waals surface area (Å²) in [4.78, 5) is 18.9. The Morgan fingerprint density at radius 1 is 1.48 bits per heavy atom. The molecule has 1 N–H and O–H groups in total. The molecule has 3 heterocycles. The Kier molecular flexibility index (Phi) is 3.99. The average Bonchev–Trinajstić information content (AvgIpc) is 3.16. The lowest BCUT2D eigenvalue weighted by atomic mass is 9.86. The summed E-state index contributed by atoms with van der Waals surface area (Å²) in [5.41, 5.74) is 1.22. The van der Waals surface area contributed by atoms with Crippen molar-refractivity contribution in [1.29, 1.82) is 0 Å². The fraction of sp³-hybridized carbons (Fsp3) is 0.733. The fourth-order valence-corrected chi connectivity index (χ4v) is 3.28. The topological polar surface area (TPSA) is 59.4 Å². The molecule has 2 aliphatic heterocycles. The summed E-state index contributed by atoms with van der Waals surface area (Å²) in [6, 6.07) is -0.210.